The van der Waals surface area contributed by atoms with E-state index in [9.17, 15) is 27.2 Å². The van der Waals surface area contributed by atoms with Gasteiger partial charge in [-0.15, -0.1) is 11.8 Å². The zero-order valence-corrected chi connectivity index (χ0v) is 29.0. The van der Waals surface area contributed by atoms with E-state index in [0.29, 0.717) is 11.3 Å². The predicted octanol–water partition coefficient (Wildman–Crippen LogP) is 5.82. The number of benzene rings is 2. The molecule has 0 aromatic heterocycles. The first-order chi connectivity index (χ1) is 22.4. The summed E-state index contributed by atoms with van der Waals surface area (Å²) in [5.74, 6) is -1.54. The van der Waals surface area contributed by atoms with Gasteiger partial charge in [-0.1, -0.05) is 56.3 Å². The van der Waals surface area contributed by atoms with Crippen LogP contribution in [0.2, 0.25) is 0 Å². The first-order valence-electron chi connectivity index (χ1n) is 15.6. The minimum Gasteiger partial charge on any atom is -0.464 e. The minimum absolute atomic E-state index is 0.0844. The molecule has 10 nitrogen and oxygen atoms in total. The summed E-state index contributed by atoms with van der Waals surface area (Å²) in [6.07, 6.45) is 6.07. The van der Waals surface area contributed by atoms with Crippen LogP contribution in [0, 0.1) is 11.7 Å². The van der Waals surface area contributed by atoms with Crippen molar-refractivity contribution < 1.29 is 36.7 Å². The van der Waals surface area contributed by atoms with Crippen LogP contribution in [0.15, 0.2) is 71.7 Å². The van der Waals surface area contributed by atoms with E-state index in [1.54, 1.807) is 45.0 Å². The van der Waals surface area contributed by atoms with Gasteiger partial charge < -0.3 is 20.1 Å². The standard InChI is InChI=1S/C34H44FN3O7S2/c1-6-9-10-24(7-2)25-13-17-28(18-14-25)47(42,43)38-20-22-46-32(38)31(39)36-29(26-11-15-27(35)16-12-26)19-21-45-33(40)30(23(4)5)37-34(41)44-8-3/h6-7,9,11-18,23,29-30,32H,8,10,19-22H2,1-5H3,(H,36,39)(H,37,41)/b9-6-,24-7+/t29?,30?,32-/m0/s1. The maximum Gasteiger partial charge on any atom is 0.407 e. The van der Waals surface area contributed by atoms with Crippen molar-refractivity contribution in [2.75, 3.05) is 25.5 Å². The fraction of sp³-hybridized carbons (Fsp3) is 0.441. The quantitative estimate of drug-likeness (QED) is 0.177. The molecule has 2 unspecified atom stereocenters. The highest BCUT2D eigenvalue weighted by molar-refractivity contribution is 8.02. The molecule has 0 radical (unpaired) electrons. The van der Waals surface area contributed by atoms with E-state index >= 15 is 0 Å². The number of carbonyl (C=O) groups is 3. The van der Waals surface area contributed by atoms with Crippen LogP contribution in [0.1, 0.15) is 64.6 Å². The van der Waals surface area contributed by atoms with Gasteiger partial charge in [-0.3, -0.25) is 4.79 Å². The second-order valence-electron chi connectivity index (χ2n) is 11.1. The van der Waals surface area contributed by atoms with Crippen molar-refractivity contribution in [3.8, 4) is 0 Å². The molecule has 1 fully saturated rings. The van der Waals surface area contributed by atoms with Gasteiger partial charge in [0.1, 0.15) is 17.2 Å². The second kappa shape index (κ2) is 18.0. The first kappa shape index (κ1) is 37.8. The van der Waals surface area contributed by atoms with Gasteiger partial charge in [-0.05, 0) is 74.1 Å². The lowest BCUT2D eigenvalue weighted by molar-refractivity contribution is -0.147. The number of rotatable bonds is 15. The summed E-state index contributed by atoms with van der Waals surface area (Å²) in [7, 11) is -4.01. The lowest BCUT2D eigenvalue weighted by atomic mass is 10.0. The molecule has 256 valence electrons. The Morgan fingerprint density at radius 1 is 1.04 bits per heavy atom. The molecule has 0 aliphatic carbocycles. The van der Waals surface area contributed by atoms with Crippen LogP contribution in [0.4, 0.5) is 9.18 Å². The Labute approximate surface area is 281 Å². The van der Waals surface area contributed by atoms with Crippen LogP contribution in [-0.2, 0) is 29.1 Å². The van der Waals surface area contributed by atoms with E-state index in [0.717, 1.165) is 17.6 Å². The number of hydrogen-bond donors (Lipinski definition) is 2. The van der Waals surface area contributed by atoms with Gasteiger partial charge >= 0.3 is 12.1 Å². The Morgan fingerprint density at radius 2 is 1.72 bits per heavy atom. The number of nitrogens with one attached hydrogen (secondary N) is 2. The first-order valence-corrected chi connectivity index (χ1v) is 18.1. The van der Waals surface area contributed by atoms with Crippen LogP contribution in [0.25, 0.3) is 5.57 Å². The maximum absolute atomic E-state index is 13.7. The van der Waals surface area contributed by atoms with E-state index in [2.05, 4.69) is 10.6 Å². The van der Waals surface area contributed by atoms with Crippen molar-refractivity contribution in [2.45, 2.75) is 69.8 Å². The van der Waals surface area contributed by atoms with E-state index in [1.807, 2.05) is 32.1 Å². The second-order valence-corrected chi connectivity index (χ2v) is 14.2. The Hall–Kier alpha value is -3.68. The molecule has 1 saturated heterocycles. The highest BCUT2D eigenvalue weighted by atomic mass is 32.2. The summed E-state index contributed by atoms with van der Waals surface area (Å²) in [5, 5.41) is 4.35. The number of carbonyl (C=O) groups excluding carboxylic acids is 3. The smallest absolute Gasteiger partial charge is 0.407 e. The number of allylic oxidation sites excluding steroid dienone is 4. The Kier molecular flexibility index (Phi) is 14.5. The molecular weight excluding hydrogens is 646 g/mol. The molecule has 2 N–H and O–H groups in total. The lowest BCUT2D eigenvalue weighted by Gasteiger charge is -2.26. The lowest BCUT2D eigenvalue weighted by Crippen LogP contribution is -2.46. The number of ether oxygens (including phenoxy) is 2. The third kappa shape index (κ3) is 10.4. The van der Waals surface area contributed by atoms with Crippen LogP contribution < -0.4 is 10.6 Å². The number of amides is 2. The Balaban J connectivity index is 1.75. The topological polar surface area (TPSA) is 131 Å². The van der Waals surface area contributed by atoms with E-state index in [1.165, 1.54) is 40.3 Å². The molecule has 2 aromatic rings. The number of hydrogen-bond acceptors (Lipinski definition) is 8. The van der Waals surface area contributed by atoms with Gasteiger partial charge in [0.25, 0.3) is 0 Å². The van der Waals surface area contributed by atoms with Crippen molar-refractivity contribution in [1.29, 1.82) is 0 Å². The van der Waals surface area contributed by atoms with Crippen molar-refractivity contribution in [3.05, 3.63) is 83.7 Å². The van der Waals surface area contributed by atoms with Crippen molar-refractivity contribution in [3.63, 3.8) is 0 Å². The van der Waals surface area contributed by atoms with Crippen LogP contribution in [-0.4, -0.2) is 67.6 Å². The summed E-state index contributed by atoms with van der Waals surface area (Å²) in [6, 6.07) is 10.5. The molecule has 0 spiro atoms. The van der Waals surface area contributed by atoms with E-state index in [-0.39, 0.29) is 37.0 Å². The molecule has 1 heterocycles. The zero-order chi connectivity index (χ0) is 34.6. The molecule has 3 rings (SSSR count). The molecular formula is C34H44FN3O7S2. The molecule has 2 aromatic carbocycles. The number of alkyl carbamates (subject to hydrolysis) is 1. The van der Waals surface area contributed by atoms with E-state index < -0.39 is 51.3 Å². The number of halogens is 1. The summed E-state index contributed by atoms with van der Waals surface area (Å²) < 4.78 is 52.7. The Bertz CT molecular complexity index is 1530. The fourth-order valence-electron chi connectivity index (χ4n) is 4.96. The summed E-state index contributed by atoms with van der Waals surface area (Å²) >= 11 is 1.21. The van der Waals surface area contributed by atoms with Crippen molar-refractivity contribution in [2.24, 2.45) is 5.92 Å². The van der Waals surface area contributed by atoms with Gasteiger partial charge in [0.15, 0.2) is 0 Å². The third-order valence-electron chi connectivity index (χ3n) is 7.54. The molecule has 13 heteroatoms. The molecule has 0 saturated carbocycles. The molecule has 1 aliphatic rings. The summed E-state index contributed by atoms with van der Waals surface area (Å²) in [6.45, 7) is 9.18. The highest BCUT2D eigenvalue weighted by Crippen LogP contribution is 2.32. The summed E-state index contributed by atoms with van der Waals surface area (Å²) in [4.78, 5) is 38.5. The average Bonchev–Trinajstić information content (AvgIpc) is 3.56. The normalized spacial score (nSPS) is 17.0. The third-order valence-corrected chi connectivity index (χ3v) is 10.8. The van der Waals surface area contributed by atoms with Gasteiger partial charge in [0.05, 0.1) is 24.2 Å². The molecule has 47 heavy (non-hydrogen) atoms. The maximum atomic E-state index is 13.7. The van der Waals surface area contributed by atoms with Crippen molar-refractivity contribution >= 4 is 45.3 Å². The SMILES string of the molecule is C/C=C\C/C(=C\C)c1ccc(S(=O)(=O)N2CCS[C@H]2C(=O)NC(CCOC(=O)C(NC(=O)OCC)C(C)C)c2ccc(F)cc2)cc1. The number of nitrogens with zero attached hydrogens (tertiary/aromatic N) is 1. The Morgan fingerprint density at radius 3 is 2.32 bits per heavy atom. The predicted molar refractivity (Wildman–Crippen MR) is 181 cm³/mol. The van der Waals surface area contributed by atoms with Crippen LogP contribution in [0.5, 0.6) is 0 Å². The van der Waals surface area contributed by atoms with Crippen LogP contribution >= 0.6 is 11.8 Å². The molecule has 1 aliphatic heterocycles. The highest BCUT2D eigenvalue weighted by Gasteiger charge is 2.41. The molecule has 0 bridgehead atoms. The fourth-order valence-corrected chi connectivity index (χ4v) is 8.04. The van der Waals surface area contributed by atoms with Gasteiger partial charge in [0.2, 0.25) is 15.9 Å². The van der Waals surface area contributed by atoms with Crippen LogP contribution in [0.3, 0.4) is 0 Å². The summed E-state index contributed by atoms with van der Waals surface area (Å²) in [5.41, 5.74) is 2.52. The van der Waals surface area contributed by atoms with Gasteiger partial charge in [-0.25, -0.2) is 22.4 Å². The van der Waals surface area contributed by atoms with Gasteiger partial charge in [0, 0.05) is 18.7 Å². The number of esters is 1. The van der Waals surface area contributed by atoms with E-state index in [4.69, 9.17) is 9.47 Å². The molecule has 2 amide bonds. The molecule has 3 atom stereocenters. The average molecular weight is 690 g/mol. The number of thioether (sulfide) groups is 1. The van der Waals surface area contributed by atoms with Crippen molar-refractivity contribution in [1.82, 2.24) is 14.9 Å². The minimum atomic E-state index is -4.01. The number of sulfonamides is 1. The largest absolute Gasteiger partial charge is 0.464 e. The zero-order valence-electron chi connectivity index (χ0n) is 27.4. The monoisotopic (exact) mass is 689 g/mol. The van der Waals surface area contributed by atoms with Gasteiger partial charge in [-0.2, -0.15) is 4.31 Å².